The first kappa shape index (κ1) is 19.2. The average molecular weight is 390 g/mol. The van der Waals surface area contributed by atoms with Gasteiger partial charge in [0, 0.05) is 32.4 Å². The van der Waals surface area contributed by atoms with Crippen LogP contribution >= 0.6 is 0 Å². The van der Waals surface area contributed by atoms with E-state index in [0.717, 1.165) is 43.2 Å². The first-order valence-corrected chi connectivity index (χ1v) is 9.91. The van der Waals surface area contributed by atoms with Gasteiger partial charge in [-0.25, -0.2) is 4.68 Å². The lowest BCUT2D eigenvalue weighted by atomic mass is 10.1. The number of amides is 1. The molecule has 2 aromatic carbocycles. The van der Waals surface area contributed by atoms with E-state index >= 15 is 0 Å². The molecule has 0 spiro atoms. The zero-order chi connectivity index (χ0) is 20.2. The zero-order valence-corrected chi connectivity index (χ0v) is 16.9. The number of carbonyl (C=O) groups excluding carboxylic acids is 1. The molecular formula is C23H26N4O2. The van der Waals surface area contributed by atoms with Crippen molar-refractivity contribution in [1.29, 1.82) is 0 Å². The highest BCUT2D eigenvalue weighted by atomic mass is 16.5. The van der Waals surface area contributed by atoms with E-state index in [2.05, 4.69) is 22.1 Å². The Morgan fingerprint density at radius 3 is 2.52 bits per heavy atom. The summed E-state index contributed by atoms with van der Waals surface area (Å²) in [6, 6.07) is 18.1. The molecule has 6 nitrogen and oxygen atoms in total. The number of nitrogens with zero attached hydrogens (tertiary/aromatic N) is 4. The van der Waals surface area contributed by atoms with Gasteiger partial charge < -0.3 is 14.5 Å². The third kappa shape index (κ3) is 4.03. The van der Waals surface area contributed by atoms with Crippen LogP contribution in [0.4, 0.5) is 5.69 Å². The summed E-state index contributed by atoms with van der Waals surface area (Å²) in [7, 11) is 1.84. The largest absolute Gasteiger partial charge is 0.378 e. The minimum atomic E-state index is -0.0264. The van der Waals surface area contributed by atoms with Gasteiger partial charge in [0.05, 0.1) is 36.4 Å². The molecule has 6 heteroatoms. The van der Waals surface area contributed by atoms with Gasteiger partial charge in [-0.1, -0.05) is 36.4 Å². The van der Waals surface area contributed by atoms with Gasteiger partial charge >= 0.3 is 0 Å². The van der Waals surface area contributed by atoms with E-state index in [-0.39, 0.29) is 5.91 Å². The third-order valence-electron chi connectivity index (χ3n) is 5.34. The number of hydrogen-bond acceptors (Lipinski definition) is 4. The molecule has 1 saturated heterocycles. The molecule has 1 aliphatic heterocycles. The summed E-state index contributed by atoms with van der Waals surface area (Å²) in [6.45, 7) is 5.70. The van der Waals surface area contributed by atoms with E-state index in [9.17, 15) is 4.79 Å². The Morgan fingerprint density at radius 2 is 1.76 bits per heavy atom. The number of benzene rings is 2. The van der Waals surface area contributed by atoms with Crippen molar-refractivity contribution in [2.24, 2.45) is 0 Å². The smallest absolute Gasteiger partial charge is 0.257 e. The molecule has 0 saturated carbocycles. The van der Waals surface area contributed by atoms with E-state index in [1.54, 1.807) is 11.1 Å². The maximum Gasteiger partial charge on any atom is 0.257 e. The highest BCUT2D eigenvalue weighted by molar-refractivity contribution is 5.95. The number of aromatic nitrogens is 2. The second-order valence-corrected chi connectivity index (χ2v) is 7.28. The van der Waals surface area contributed by atoms with Gasteiger partial charge in [-0.15, -0.1) is 0 Å². The standard InChI is InChI=1S/C23H26N4O2/c1-18-21(16-24-27(18)20-9-4-3-5-10-20)23(28)25(2)17-19-8-6-7-11-22(19)26-12-14-29-15-13-26/h3-11,16H,12-15,17H2,1-2H3. The highest BCUT2D eigenvalue weighted by Crippen LogP contribution is 2.24. The minimum absolute atomic E-state index is 0.0264. The second-order valence-electron chi connectivity index (χ2n) is 7.28. The fourth-order valence-electron chi connectivity index (χ4n) is 3.74. The van der Waals surface area contributed by atoms with Crippen LogP contribution < -0.4 is 4.90 Å². The van der Waals surface area contributed by atoms with Gasteiger partial charge in [-0.05, 0) is 30.7 Å². The van der Waals surface area contributed by atoms with Gasteiger partial charge in [-0.3, -0.25) is 4.79 Å². The van der Waals surface area contributed by atoms with Crippen LogP contribution in [0.3, 0.4) is 0 Å². The van der Waals surface area contributed by atoms with Crippen molar-refractivity contribution in [2.75, 3.05) is 38.3 Å². The number of morpholine rings is 1. The van der Waals surface area contributed by atoms with Gasteiger partial charge in [0.2, 0.25) is 0 Å². The van der Waals surface area contributed by atoms with Crippen molar-refractivity contribution < 1.29 is 9.53 Å². The van der Waals surface area contributed by atoms with Crippen LogP contribution in [0.15, 0.2) is 60.8 Å². The molecule has 0 unspecified atom stereocenters. The predicted octanol–water partition coefficient (Wildman–Crippen LogP) is 3.29. The molecule has 150 valence electrons. The highest BCUT2D eigenvalue weighted by Gasteiger charge is 2.21. The number of ether oxygens (including phenoxy) is 1. The molecular weight excluding hydrogens is 364 g/mol. The first-order valence-electron chi connectivity index (χ1n) is 9.91. The third-order valence-corrected chi connectivity index (χ3v) is 5.34. The van der Waals surface area contributed by atoms with Gasteiger partial charge in [-0.2, -0.15) is 5.10 Å². The molecule has 1 fully saturated rings. The number of carbonyl (C=O) groups is 1. The summed E-state index contributed by atoms with van der Waals surface area (Å²) in [5, 5.41) is 4.43. The number of para-hydroxylation sites is 2. The van der Waals surface area contributed by atoms with Crippen LogP contribution in [0.5, 0.6) is 0 Å². The van der Waals surface area contributed by atoms with Crippen molar-refractivity contribution in [3.05, 3.63) is 77.6 Å². The zero-order valence-electron chi connectivity index (χ0n) is 16.9. The Morgan fingerprint density at radius 1 is 1.07 bits per heavy atom. The number of rotatable bonds is 5. The second kappa shape index (κ2) is 8.49. The van der Waals surface area contributed by atoms with Gasteiger partial charge in [0.25, 0.3) is 5.91 Å². The number of anilines is 1. The molecule has 4 rings (SSSR count). The average Bonchev–Trinajstić information content (AvgIpc) is 3.16. The van der Waals surface area contributed by atoms with Crippen molar-refractivity contribution in [1.82, 2.24) is 14.7 Å². The molecule has 29 heavy (non-hydrogen) atoms. The quantitative estimate of drug-likeness (QED) is 0.671. The fourth-order valence-corrected chi connectivity index (χ4v) is 3.74. The van der Waals surface area contributed by atoms with E-state index in [1.807, 2.05) is 61.1 Å². The summed E-state index contributed by atoms with van der Waals surface area (Å²) in [6.07, 6.45) is 1.66. The van der Waals surface area contributed by atoms with Crippen molar-refractivity contribution >= 4 is 11.6 Å². The molecule has 1 aliphatic rings. The Kier molecular flexibility index (Phi) is 5.62. The maximum atomic E-state index is 13.1. The predicted molar refractivity (Wildman–Crippen MR) is 114 cm³/mol. The van der Waals surface area contributed by atoms with Crippen LogP contribution in [-0.2, 0) is 11.3 Å². The molecule has 1 aromatic heterocycles. The molecule has 2 heterocycles. The fraction of sp³-hybridized carbons (Fsp3) is 0.304. The van der Waals surface area contributed by atoms with Crippen LogP contribution in [0.2, 0.25) is 0 Å². The van der Waals surface area contributed by atoms with E-state index < -0.39 is 0 Å². The molecule has 0 radical (unpaired) electrons. The van der Waals surface area contributed by atoms with Crippen LogP contribution in [0.1, 0.15) is 21.6 Å². The van der Waals surface area contributed by atoms with Crippen molar-refractivity contribution in [3.63, 3.8) is 0 Å². The molecule has 0 bridgehead atoms. The van der Waals surface area contributed by atoms with E-state index in [0.29, 0.717) is 12.1 Å². The van der Waals surface area contributed by atoms with Gasteiger partial charge in [0.1, 0.15) is 0 Å². The Bertz CT molecular complexity index is 978. The Labute approximate surface area is 171 Å². The van der Waals surface area contributed by atoms with E-state index in [1.165, 1.54) is 5.69 Å². The van der Waals surface area contributed by atoms with Crippen molar-refractivity contribution in [2.45, 2.75) is 13.5 Å². The van der Waals surface area contributed by atoms with Crippen LogP contribution in [0.25, 0.3) is 5.69 Å². The summed E-state index contributed by atoms with van der Waals surface area (Å²) in [5.74, 6) is -0.0264. The normalized spacial score (nSPS) is 14.1. The monoisotopic (exact) mass is 390 g/mol. The molecule has 0 N–H and O–H groups in total. The van der Waals surface area contributed by atoms with Crippen molar-refractivity contribution in [3.8, 4) is 5.69 Å². The lowest BCUT2D eigenvalue weighted by molar-refractivity contribution is 0.0784. The molecule has 3 aromatic rings. The molecule has 0 atom stereocenters. The topological polar surface area (TPSA) is 50.6 Å². The van der Waals surface area contributed by atoms with Crippen LogP contribution in [-0.4, -0.2) is 53.9 Å². The first-order chi connectivity index (χ1) is 14.1. The SMILES string of the molecule is Cc1c(C(=O)N(C)Cc2ccccc2N2CCOCC2)cnn1-c1ccccc1. The van der Waals surface area contributed by atoms with Crippen LogP contribution in [0, 0.1) is 6.92 Å². The summed E-state index contributed by atoms with van der Waals surface area (Å²) in [5.41, 5.74) is 4.73. The Hall–Kier alpha value is -3.12. The van der Waals surface area contributed by atoms with Gasteiger partial charge in [0.15, 0.2) is 0 Å². The lowest BCUT2D eigenvalue weighted by Gasteiger charge is -2.31. The van der Waals surface area contributed by atoms with E-state index in [4.69, 9.17) is 4.74 Å². The summed E-state index contributed by atoms with van der Waals surface area (Å²) >= 11 is 0. The maximum absolute atomic E-state index is 13.1. The molecule has 0 aliphatic carbocycles. The summed E-state index contributed by atoms with van der Waals surface area (Å²) in [4.78, 5) is 17.2. The minimum Gasteiger partial charge on any atom is -0.378 e. The Balaban J connectivity index is 1.53. The molecule has 1 amide bonds. The summed E-state index contributed by atoms with van der Waals surface area (Å²) < 4.78 is 7.28. The number of hydrogen-bond donors (Lipinski definition) is 0. The lowest BCUT2D eigenvalue weighted by Crippen LogP contribution is -2.37.